The molecular weight excluding hydrogens is 184 g/mol. The quantitative estimate of drug-likeness (QED) is 0.753. The largest absolute Gasteiger partial charge is 0.477 e. The third-order valence-electron chi connectivity index (χ3n) is 2.54. The second kappa shape index (κ2) is 4.75. The molecule has 0 spiro atoms. The summed E-state index contributed by atoms with van der Waals surface area (Å²) in [4.78, 5) is 10.7. The van der Waals surface area contributed by atoms with Crippen LogP contribution in [-0.2, 0) is 14.3 Å². The Bertz CT molecular complexity index is 194. The summed E-state index contributed by atoms with van der Waals surface area (Å²) in [6.07, 6.45) is 3.33. The van der Waals surface area contributed by atoms with Gasteiger partial charge in [-0.15, -0.1) is 0 Å². The lowest BCUT2D eigenvalue weighted by Gasteiger charge is -2.34. The Morgan fingerprint density at radius 3 is 2.50 bits per heavy atom. The van der Waals surface area contributed by atoms with E-state index in [-0.39, 0.29) is 0 Å². The van der Waals surface area contributed by atoms with Gasteiger partial charge in [0.15, 0.2) is 0 Å². The van der Waals surface area contributed by atoms with Gasteiger partial charge >= 0.3 is 5.97 Å². The number of ether oxygens (including phenoxy) is 2. The third kappa shape index (κ3) is 2.69. The zero-order valence-electron chi connectivity index (χ0n) is 8.78. The van der Waals surface area contributed by atoms with Crippen molar-refractivity contribution in [1.29, 1.82) is 0 Å². The van der Waals surface area contributed by atoms with E-state index in [1.807, 2.05) is 0 Å². The zero-order chi connectivity index (χ0) is 10.6. The molecule has 1 aliphatic heterocycles. The number of aliphatic carboxylic acids is 1. The first-order valence-corrected chi connectivity index (χ1v) is 5.10. The normalized spacial score (nSPS) is 32.9. The molecule has 4 nitrogen and oxygen atoms in total. The topological polar surface area (TPSA) is 55.8 Å². The third-order valence-corrected chi connectivity index (χ3v) is 2.54. The van der Waals surface area contributed by atoms with Gasteiger partial charge in [-0.05, 0) is 6.42 Å². The molecule has 0 aromatic heterocycles. The summed E-state index contributed by atoms with van der Waals surface area (Å²) >= 11 is 0. The van der Waals surface area contributed by atoms with Crippen LogP contribution in [0.5, 0.6) is 0 Å². The van der Waals surface area contributed by atoms with Crippen molar-refractivity contribution in [3.63, 3.8) is 0 Å². The molecule has 0 saturated carbocycles. The van der Waals surface area contributed by atoms with Gasteiger partial charge in [0.25, 0.3) is 5.79 Å². The minimum absolute atomic E-state index is 0.349. The maximum absolute atomic E-state index is 10.7. The Balaban J connectivity index is 2.34. The van der Waals surface area contributed by atoms with Crippen LogP contribution in [0, 0.1) is 5.92 Å². The smallest absolute Gasteiger partial charge is 0.364 e. The van der Waals surface area contributed by atoms with E-state index in [9.17, 15) is 4.79 Å². The molecule has 0 bridgehead atoms. The van der Waals surface area contributed by atoms with E-state index in [1.54, 1.807) is 0 Å². The maximum Gasteiger partial charge on any atom is 0.364 e. The summed E-state index contributed by atoms with van der Waals surface area (Å²) in [5.74, 6) is -2.13. The van der Waals surface area contributed by atoms with Crippen LogP contribution in [0.15, 0.2) is 0 Å². The van der Waals surface area contributed by atoms with Crippen LogP contribution < -0.4 is 0 Å². The van der Waals surface area contributed by atoms with Gasteiger partial charge in [-0.1, -0.05) is 19.8 Å². The first-order chi connectivity index (χ1) is 6.58. The van der Waals surface area contributed by atoms with Crippen molar-refractivity contribution in [3.8, 4) is 0 Å². The van der Waals surface area contributed by atoms with Crippen molar-refractivity contribution in [2.24, 2.45) is 5.92 Å². The number of carbonyl (C=O) groups is 1. The number of carboxylic acid groups (broad SMARTS) is 1. The summed E-state index contributed by atoms with van der Waals surface area (Å²) in [5, 5.41) is 8.81. The minimum Gasteiger partial charge on any atom is -0.477 e. The second-order valence-corrected chi connectivity index (χ2v) is 3.88. The van der Waals surface area contributed by atoms with Crippen molar-refractivity contribution in [3.05, 3.63) is 0 Å². The molecule has 1 saturated heterocycles. The number of rotatable bonds is 4. The lowest BCUT2D eigenvalue weighted by atomic mass is 10.0. The first-order valence-electron chi connectivity index (χ1n) is 5.10. The van der Waals surface area contributed by atoms with Gasteiger partial charge in [0, 0.05) is 12.8 Å². The van der Waals surface area contributed by atoms with Gasteiger partial charge in [-0.3, -0.25) is 0 Å². The van der Waals surface area contributed by atoms with Crippen LogP contribution in [0.4, 0.5) is 0 Å². The van der Waals surface area contributed by atoms with Gasteiger partial charge in [0.05, 0.1) is 13.2 Å². The van der Waals surface area contributed by atoms with Crippen LogP contribution in [-0.4, -0.2) is 30.1 Å². The van der Waals surface area contributed by atoms with E-state index in [0.29, 0.717) is 19.1 Å². The van der Waals surface area contributed by atoms with Crippen molar-refractivity contribution >= 4 is 5.97 Å². The van der Waals surface area contributed by atoms with E-state index >= 15 is 0 Å². The SMILES string of the molecule is CCCCC1COC(C)(C(=O)O)OC1. The fourth-order valence-electron chi connectivity index (χ4n) is 1.43. The second-order valence-electron chi connectivity index (χ2n) is 3.88. The summed E-state index contributed by atoms with van der Waals surface area (Å²) in [6, 6.07) is 0. The fourth-order valence-corrected chi connectivity index (χ4v) is 1.43. The van der Waals surface area contributed by atoms with Crippen LogP contribution in [0.2, 0.25) is 0 Å². The van der Waals surface area contributed by atoms with E-state index in [0.717, 1.165) is 19.3 Å². The molecule has 1 heterocycles. The van der Waals surface area contributed by atoms with Crippen molar-refractivity contribution in [2.75, 3.05) is 13.2 Å². The number of carboxylic acids is 1. The molecule has 0 unspecified atom stereocenters. The van der Waals surface area contributed by atoms with Crippen LogP contribution in [0.1, 0.15) is 33.1 Å². The molecular formula is C10H18O4. The summed E-state index contributed by atoms with van der Waals surface area (Å²) in [6.45, 7) is 4.56. The summed E-state index contributed by atoms with van der Waals surface area (Å²) in [7, 11) is 0. The van der Waals surface area contributed by atoms with Crippen LogP contribution in [0.25, 0.3) is 0 Å². The summed E-state index contributed by atoms with van der Waals surface area (Å²) < 4.78 is 10.4. The molecule has 82 valence electrons. The molecule has 0 amide bonds. The minimum atomic E-state index is -1.43. The van der Waals surface area contributed by atoms with Crippen molar-refractivity contribution in [1.82, 2.24) is 0 Å². The standard InChI is InChI=1S/C10H18O4/c1-3-4-5-8-6-13-10(2,9(11)12)14-7-8/h8H,3-7H2,1-2H3,(H,11,12). The van der Waals surface area contributed by atoms with Gasteiger partial charge < -0.3 is 14.6 Å². The predicted molar refractivity (Wildman–Crippen MR) is 51.0 cm³/mol. The average molecular weight is 202 g/mol. The van der Waals surface area contributed by atoms with Crippen molar-refractivity contribution in [2.45, 2.75) is 38.9 Å². The molecule has 0 aromatic rings. The Kier molecular flexibility index (Phi) is 3.89. The lowest BCUT2D eigenvalue weighted by Crippen LogP contribution is -2.47. The molecule has 0 radical (unpaired) electrons. The number of hydrogen-bond acceptors (Lipinski definition) is 3. The molecule has 0 aromatic carbocycles. The lowest BCUT2D eigenvalue weighted by molar-refractivity contribution is -0.271. The molecule has 1 fully saturated rings. The zero-order valence-corrected chi connectivity index (χ0v) is 8.78. The molecule has 14 heavy (non-hydrogen) atoms. The molecule has 1 aliphatic rings. The van der Waals surface area contributed by atoms with E-state index in [1.165, 1.54) is 6.92 Å². The fraction of sp³-hybridized carbons (Fsp3) is 0.900. The molecule has 0 aliphatic carbocycles. The average Bonchev–Trinajstić information content (AvgIpc) is 2.17. The van der Waals surface area contributed by atoms with Crippen molar-refractivity contribution < 1.29 is 19.4 Å². The van der Waals surface area contributed by atoms with Gasteiger partial charge in [-0.2, -0.15) is 0 Å². The molecule has 4 heteroatoms. The Labute approximate surface area is 84.2 Å². The highest BCUT2D eigenvalue weighted by Crippen LogP contribution is 2.24. The molecule has 1 N–H and O–H groups in total. The monoisotopic (exact) mass is 202 g/mol. The van der Waals surface area contributed by atoms with Crippen LogP contribution in [0.3, 0.4) is 0 Å². The molecule has 0 atom stereocenters. The Morgan fingerprint density at radius 1 is 1.50 bits per heavy atom. The van der Waals surface area contributed by atoms with Gasteiger partial charge in [0.2, 0.25) is 0 Å². The van der Waals surface area contributed by atoms with Gasteiger partial charge in [0.1, 0.15) is 0 Å². The highest BCUT2D eigenvalue weighted by molar-refractivity contribution is 5.75. The predicted octanol–water partition coefficient (Wildman–Crippen LogP) is 1.64. The maximum atomic E-state index is 10.7. The highest BCUT2D eigenvalue weighted by atomic mass is 16.7. The summed E-state index contributed by atoms with van der Waals surface area (Å²) in [5.41, 5.74) is 0. The van der Waals surface area contributed by atoms with E-state index in [2.05, 4.69) is 6.92 Å². The van der Waals surface area contributed by atoms with E-state index < -0.39 is 11.8 Å². The first kappa shape index (κ1) is 11.5. The van der Waals surface area contributed by atoms with Crippen LogP contribution >= 0.6 is 0 Å². The highest BCUT2D eigenvalue weighted by Gasteiger charge is 2.40. The Hall–Kier alpha value is -0.610. The number of unbranched alkanes of at least 4 members (excludes halogenated alkanes) is 1. The molecule has 1 rings (SSSR count). The Morgan fingerprint density at radius 2 is 2.07 bits per heavy atom. The number of hydrogen-bond donors (Lipinski definition) is 1. The van der Waals surface area contributed by atoms with E-state index in [4.69, 9.17) is 14.6 Å². The van der Waals surface area contributed by atoms with Gasteiger partial charge in [-0.25, -0.2) is 4.79 Å².